The van der Waals surface area contributed by atoms with Gasteiger partial charge in [0.25, 0.3) is 0 Å². The van der Waals surface area contributed by atoms with E-state index in [2.05, 4.69) is 11.3 Å². The van der Waals surface area contributed by atoms with Crippen LogP contribution in [0.4, 0.5) is 0 Å². The number of carbonyl (C=O) groups excluding carboxylic acids is 1. The van der Waals surface area contributed by atoms with Crippen molar-refractivity contribution in [2.24, 2.45) is 0 Å². The first-order valence-electron chi connectivity index (χ1n) is 5.58. The lowest BCUT2D eigenvalue weighted by molar-refractivity contribution is -0.144. The van der Waals surface area contributed by atoms with Crippen molar-refractivity contribution in [3.05, 3.63) is 12.3 Å². The highest BCUT2D eigenvalue weighted by Crippen LogP contribution is 1.97. The maximum atomic E-state index is 11.1. The summed E-state index contributed by atoms with van der Waals surface area (Å²) in [6.45, 7) is 4.55. The fraction of sp³-hybridized carbons (Fsp3) is 0.727. The molecule has 0 amide bonds. The van der Waals surface area contributed by atoms with Crippen LogP contribution in [0.15, 0.2) is 12.3 Å². The molecule has 0 fully saturated rings. The van der Waals surface area contributed by atoms with Gasteiger partial charge < -0.3 is 29.2 Å². The quantitative estimate of drug-likeness (QED) is 0.204. The Bertz CT molecular complexity index is 229. The minimum absolute atomic E-state index is 0.0150. The van der Waals surface area contributed by atoms with E-state index >= 15 is 0 Å². The summed E-state index contributed by atoms with van der Waals surface area (Å²) in [4.78, 5) is 11.1. The lowest BCUT2D eigenvalue weighted by Crippen LogP contribution is -2.15. The first-order chi connectivity index (χ1) is 8.72. The molecule has 0 saturated carbocycles. The molecular formula is C11H20O7. The monoisotopic (exact) mass is 264 g/mol. The fourth-order valence-electron chi connectivity index (χ4n) is 0.888. The highest BCUT2D eigenvalue weighted by atomic mass is 16.6. The number of hydrogen-bond donors (Lipinski definition) is 2. The van der Waals surface area contributed by atoms with E-state index in [1.165, 1.54) is 0 Å². The molecule has 0 aliphatic rings. The van der Waals surface area contributed by atoms with Crippen molar-refractivity contribution in [3.8, 4) is 0 Å². The van der Waals surface area contributed by atoms with Crippen LogP contribution in [-0.4, -0.2) is 69.0 Å². The molecule has 0 aliphatic carbocycles. The van der Waals surface area contributed by atoms with Gasteiger partial charge in [-0.2, -0.15) is 0 Å². The van der Waals surface area contributed by atoms with Crippen LogP contribution in [0.1, 0.15) is 0 Å². The van der Waals surface area contributed by atoms with E-state index in [0.29, 0.717) is 13.2 Å². The van der Waals surface area contributed by atoms with Crippen LogP contribution in [0.5, 0.6) is 0 Å². The molecule has 18 heavy (non-hydrogen) atoms. The Morgan fingerprint density at radius 1 is 0.833 bits per heavy atom. The van der Waals surface area contributed by atoms with Crippen LogP contribution in [0, 0.1) is 0 Å². The van der Waals surface area contributed by atoms with Gasteiger partial charge in [0, 0.05) is 0 Å². The predicted molar refractivity (Wildman–Crippen MR) is 61.9 cm³/mol. The first-order valence-corrected chi connectivity index (χ1v) is 5.58. The standard InChI is InChI=1S/C11H20O7/c1-10(11(14)18-5-3-13)17-9-8-16-7-6-15-4-2-12/h12-13H,1-9H2. The van der Waals surface area contributed by atoms with Crippen LogP contribution in [-0.2, 0) is 23.7 Å². The van der Waals surface area contributed by atoms with E-state index in [0.717, 1.165) is 0 Å². The van der Waals surface area contributed by atoms with E-state index in [1.807, 2.05) is 0 Å². The summed E-state index contributed by atoms with van der Waals surface area (Å²) < 4.78 is 19.6. The van der Waals surface area contributed by atoms with Crippen LogP contribution < -0.4 is 0 Å². The van der Waals surface area contributed by atoms with E-state index < -0.39 is 5.97 Å². The highest BCUT2D eigenvalue weighted by molar-refractivity contribution is 5.85. The summed E-state index contributed by atoms with van der Waals surface area (Å²) in [6, 6.07) is 0. The van der Waals surface area contributed by atoms with Gasteiger partial charge in [0.2, 0.25) is 0 Å². The molecule has 0 bridgehead atoms. The van der Waals surface area contributed by atoms with Crippen LogP contribution in [0.2, 0.25) is 0 Å². The molecule has 0 rings (SSSR count). The molecule has 0 spiro atoms. The SMILES string of the molecule is C=C(OCCOCCOCCO)C(=O)OCCO. The van der Waals surface area contributed by atoms with E-state index in [-0.39, 0.29) is 45.4 Å². The fourth-order valence-corrected chi connectivity index (χ4v) is 0.888. The summed E-state index contributed by atoms with van der Waals surface area (Å²) in [5.74, 6) is -0.820. The second-order valence-electron chi connectivity index (χ2n) is 3.08. The summed E-state index contributed by atoms with van der Waals surface area (Å²) in [5.41, 5.74) is 0. The third-order valence-corrected chi connectivity index (χ3v) is 1.66. The molecular weight excluding hydrogens is 244 g/mol. The molecule has 0 saturated heterocycles. The average Bonchev–Trinajstić information content (AvgIpc) is 2.38. The Balaban J connectivity index is 3.32. The zero-order valence-electron chi connectivity index (χ0n) is 10.3. The van der Waals surface area contributed by atoms with E-state index in [1.54, 1.807) is 0 Å². The van der Waals surface area contributed by atoms with Crippen molar-refractivity contribution < 1.29 is 34.0 Å². The number of aliphatic hydroxyl groups excluding tert-OH is 2. The van der Waals surface area contributed by atoms with E-state index in [4.69, 9.17) is 24.4 Å². The number of rotatable bonds is 12. The summed E-state index contributed by atoms with van der Waals surface area (Å²) >= 11 is 0. The number of aliphatic hydroxyl groups is 2. The number of ether oxygens (including phenoxy) is 4. The minimum atomic E-state index is -0.699. The predicted octanol–water partition coefficient (Wildman–Crippen LogP) is -0.922. The van der Waals surface area contributed by atoms with Gasteiger partial charge in [-0.25, -0.2) is 4.79 Å². The Hall–Kier alpha value is -1.15. The molecule has 7 nitrogen and oxygen atoms in total. The lowest BCUT2D eigenvalue weighted by Gasteiger charge is -2.09. The van der Waals surface area contributed by atoms with Crippen molar-refractivity contribution in [3.63, 3.8) is 0 Å². The molecule has 0 aliphatic heterocycles. The summed E-state index contributed by atoms with van der Waals surface area (Å²) in [7, 11) is 0. The van der Waals surface area contributed by atoms with Gasteiger partial charge in [-0.15, -0.1) is 0 Å². The Kier molecular flexibility index (Phi) is 11.5. The summed E-state index contributed by atoms with van der Waals surface area (Å²) in [6.07, 6.45) is 0. The van der Waals surface area contributed by atoms with Crippen LogP contribution >= 0.6 is 0 Å². The normalized spacial score (nSPS) is 10.1. The van der Waals surface area contributed by atoms with Crippen molar-refractivity contribution in [1.82, 2.24) is 0 Å². The van der Waals surface area contributed by atoms with Crippen molar-refractivity contribution in [2.75, 3.05) is 52.9 Å². The molecule has 0 aromatic carbocycles. The second kappa shape index (κ2) is 12.3. The Morgan fingerprint density at radius 2 is 1.39 bits per heavy atom. The molecule has 0 heterocycles. The van der Waals surface area contributed by atoms with Crippen LogP contribution in [0.3, 0.4) is 0 Å². The molecule has 0 aromatic heterocycles. The van der Waals surface area contributed by atoms with Gasteiger partial charge in [0.15, 0.2) is 5.76 Å². The Labute approximate surface area is 106 Å². The average molecular weight is 264 g/mol. The van der Waals surface area contributed by atoms with Crippen molar-refractivity contribution >= 4 is 5.97 Å². The molecule has 106 valence electrons. The van der Waals surface area contributed by atoms with Gasteiger partial charge in [-0.1, -0.05) is 0 Å². The smallest absolute Gasteiger partial charge is 0.373 e. The highest BCUT2D eigenvalue weighted by Gasteiger charge is 2.08. The zero-order chi connectivity index (χ0) is 13.6. The van der Waals surface area contributed by atoms with Gasteiger partial charge in [-0.05, 0) is 6.58 Å². The maximum Gasteiger partial charge on any atom is 0.373 e. The number of hydrogen-bond acceptors (Lipinski definition) is 7. The summed E-state index contributed by atoms with van der Waals surface area (Å²) in [5, 5.41) is 16.9. The first kappa shape index (κ1) is 16.9. The van der Waals surface area contributed by atoms with Gasteiger partial charge >= 0.3 is 5.97 Å². The number of esters is 1. The lowest BCUT2D eigenvalue weighted by atomic mass is 10.5. The molecule has 7 heteroatoms. The van der Waals surface area contributed by atoms with Crippen molar-refractivity contribution in [2.45, 2.75) is 0 Å². The van der Waals surface area contributed by atoms with Gasteiger partial charge in [0.05, 0.1) is 39.6 Å². The second-order valence-corrected chi connectivity index (χ2v) is 3.08. The molecule has 2 N–H and O–H groups in total. The maximum absolute atomic E-state index is 11.1. The zero-order valence-corrected chi connectivity index (χ0v) is 10.3. The van der Waals surface area contributed by atoms with Gasteiger partial charge in [-0.3, -0.25) is 0 Å². The molecule has 0 unspecified atom stereocenters. The molecule has 0 radical (unpaired) electrons. The van der Waals surface area contributed by atoms with Crippen LogP contribution in [0.25, 0.3) is 0 Å². The minimum Gasteiger partial charge on any atom is -0.485 e. The Morgan fingerprint density at radius 3 is 2.00 bits per heavy atom. The third-order valence-electron chi connectivity index (χ3n) is 1.66. The van der Waals surface area contributed by atoms with E-state index in [9.17, 15) is 4.79 Å². The van der Waals surface area contributed by atoms with Crippen molar-refractivity contribution in [1.29, 1.82) is 0 Å². The third kappa shape index (κ3) is 10.0. The number of carbonyl (C=O) groups is 1. The largest absolute Gasteiger partial charge is 0.485 e. The molecule has 0 atom stereocenters. The van der Waals surface area contributed by atoms with Gasteiger partial charge in [0.1, 0.15) is 13.2 Å². The molecule has 0 aromatic rings. The topological polar surface area (TPSA) is 94.5 Å².